The van der Waals surface area contributed by atoms with E-state index < -0.39 is 0 Å². The predicted molar refractivity (Wildman–Crippen MR) is 82.2 cm³/mol. The molecule has 1 N–H and O–H groups in total. The highest BCUT2D eigenvalue weighted by Gasteiger charge is 2.26. The molecule has 2 heteroatoms. The van der Waals surface area contributed by atoms with E-state index in [1.807, 2.05) is 30.3 Å². The van der Waals surface area contributed by atoms with Gasteiger partial charge in [-0.05, 0) is 54.0 Å². The van der Waals surface area contributed by atoms with Crippen molar-refractivity contribution < 1.29 is 9.84 Å². The first-order valence-corrected chi connectivity index (χ1v) is 7.52. The molecule has 20 heavy (non-hydrogen) atoms. The molecule has 1 saturated carbocycles. The van der Waals surface area contributed by atoms with Crippen LogP contribution in [0.1, 0.15) is 33.1 Å². The third kappa shape index (κ3) is 2.60. The summed E-state index contributed by atoms with van der Waals surface area (Å²) in [5.74, 6) is 2.34. The number of phenolic OH excluding ortho intramolecular Hbond substituents is 1. The fourth-order valence-corrected chi connectivity index (χ4v) is 3.09. The second-order valence-corrected chi connectivity index (χ2v) is 6.17. The summed E-state index contributed by atoms with van der Waals surface area (Å²) in [5, 5.41) is 12.3. The number of benzene rings is 2. The van der Waals surface area contributed by atoms with E-state index in [-0.39, 0.29) is 11.9 Å². The highest BCUT2D eigenvalue weighted by molar-refractivity contribution is 5.85. The van der Waals surface area contributed by atoms with Gasteiger partial charge in [-0.15, -0.1) is 0 Å². The lowest BCUT2D eigenvalue weighted by Gasteiger charge is -2.32. The Balaban J connectivity index is 1.82. The van der Waals surface area contributed by atoms with Gasteiger partial charge in [0.05, 0.1) is 6.10 Å². The van der Waals surface area contributed by atoms with E-state index in [2.05, 4.69) is 13.8 Å². The van der Waals surface area contributed by atoms with Crippen LogP contribution in [0, 0.1) is 11.8 Å². The van der Waals surface area contributed by atoms with Gasteiger partial charge in [0.15, 0.2) is 11.5 Å². The van der Waals surface area contributed by atoms with Crippen LogP contribution in [0.4, 0.5) is 0 Å². The summed E-state index contributed by atoms with van der Waals surface area (Å²) in [6, 6.07) is 11.8. The van der Waals surface area contributed by atoms with Gasteiger partial charge in [0, 0.05) is 0 Å². The van der Waals surface area contributed by atoms with Crippen molar-refractivity contribution in [2.45, 2.75) is 39.2 Å². The maximum atomic E-state index is 10.1. The van der Waals surface area contributed by atoms with Gasteiger partial charge in [-0.2, -0.15) is 0 Å². The highest BCUT2D eigenvalue weighted by atomic mass is 16.5. The first-order chi connectivity index (χ1) is 9.63. The van der Waals surface area contributed by atoms with E-state index in [9.17, 15) is 5.11 Å². The summed E-state index contributed by atoms with van der Waals surface area (Å²) in [6.45, 7) is 4.61. The molecule has 0 saturated heterocycles. The van der Waals surface area contributed by atoms with Gasteiger partial charge in [0.25, 0.3) is 0 Å². The maximum absolute atomic E-state index is 10.1. The van der Waals surface area contributed by atoms with Crippen LogP contribution in [0.15, 0.2) is 36.4 Å². The Morgan fingerprint density at radius 3 is 2.40 bits per heavy atom. The smallest absolute Gasteiger partial charge is 0.161 e. The lowest BCUT2D eigenvalue weighted by Crippen LogP contribution is -2.28. The molecule has 1 fully saturated rings. The Morgan fingerprint density at radius 1 is 1.00 bits per heavy atom. The maximum Gasteiger partial charge on any atom is 0.161 e. The third-order valence-electron chi connectivity index (χ3n) is 4.67. The Hall–Kier alpha value is -1.70. The van der Waals surface area contributed by atoms with Crippen LogP contribution in [0.25, 0.3) is 10.8 Å². The molecule has 0 spiro atoms. The molecule has 0 aromatic heterocycles. The topological polar surface area (TPSA) is 29.5 Å². The zero-order valence-electron chi connectivity index (χ0n) is 12.2. The van der Waals surface area contributed by atoms with Crippen molar-refractivity contribution in [3.05, 3.63) is 36.4 Å². The molecule has 0 bridgehead atoms. The number of aromatic hydroxyl groups is 1. The van der Waals surface area contributed by atoms with Crippen molar-refractivity contribution in [1.82, 2.24) is 0 Å². The Kier molecular flexibility index (Phi) is 3.56. The van der Waals surface area contributed by atoms with Crippen LogP contribution in [0.2, 0.25) is 0 Å². The lowest BCUT2D eigenvalue weighted by atomic mass is 9.80. The zero-order chi connectivity index (χ0) is 14.1. The van der Waals surface area contributed by atoms with Crippen LogP contribution in [0.3, 0.4) is 0 Å². The summed E-state index contributed by atoms with van der Waals surface area (Å²) in [7, 11) is 0. The summed E-state index contributed by atoms with van der Waals surface area (Å²) in [5.41, 5.74) is 0. The number of fused-ring (bicyclic) bond motifs is 1. The molecular weight excluding hydrogens is 248 g/mol. The number of rotatable bonds is 2. The molecule has 0 heterocycles. The van der Waals surface area contributed by atoms with E-state index >= 15 is 0 Å². The van der Waals surface area contributed by atoms with Gasteiger partial charge in [0.1, 0.15) is 0 Å². The van der Waals surface area contributed by atoms with Gasteiger partial charge in [-0.3, -0.25) is 0 Å². The molecule has 0 aliphatic heterocycles. The summed E-state index contributed by atoms with van der Waals surface area (Å²) < 4.78 is 6.06. The SMILES string of the molecule is CC1CCC(Oc2cc3ccccc3cc2O)CC1C. The highest BCUT2D eigenvalue weighted by Crippen LogP contribution is 2.36. The van der Waals surface area contributed by atoms with E-state index in [1.165, 1.54) is 6.42 Å². The Bertz CT molecular complexity index is 605. The molecule has 3 rings (SSSR count). The number of hydrogen-bond acceptors (Lipinski definition) is 2. The molecule has 1 aliphatic rings. The first kappa shape index (κ1) is 13.3. The fourth-order valence-electron chi connectivity index (χ4n) is 3.09. The van der Waals surface area contributed by atoms with Crippen molar-refractivity contribution >= 4 is 10.8 Å². The number of hydrogen-bond donors (Lipinski definition) is 1. The van der Waals surface area contributed by atoms with Crippen LogP contribution in [-0.2, 0) is 0 Å². The van der Waals surface area contributed by atoms with Crippen molar-refractivity contribution in [2.24, 2.45) is 11.8 Å². The normalized spacial score (nSPS) is 26.6. The monoisotopic (exact) mass is 270 g/mol. The van der Waals surface area contributed by atoms with Crippen molar-refractivity contribution in [3.63, 3.8) is 0 Å². The predicted octanol–water partition coefficient (Wildman–Crippen LogP) is 4.75. The van der Waals surface area contributed by atoms with Gasteiger partial charge in [0.2, 0.25) is 0 Å². The van der Waals surface area contributed by atoms with E-state index in [4.69, 9.17) is 4.74 Å². The molecule has 0 amide bonds. The second kappa shape index (κ2) is 5.35. The molecule has 106 valence electrons. The van der Waals surface area contributed by atoms with Crippen molar-refractivity contribution in [1.29, 1.82) is 0 Å². The quantitative estimate of drug-likeness (QED) is 0.853. The molecule has 0 radical (unpaired) electrons. The van der Waals surface area contributed by atoms with E-state index in [1.54, 1.807) is 6.07 Å². The average molecular weight is 270 g/mol. The minimum absolute atomic E-state index is 0.230. The Morgan fingerprint density at radius 2 is 1.70 bits per heavy atom. The van der Waals surface area contributed by atoms with Crippen LogP contribution < -0.4 is 4.74 Å². The molecule has 3 unspecified atom stereocenters. The number of ether oxygens (including phenoxy) is 1. The van der Waals surface area contributed by atoms with Gasteiger partial charge in [-0.1, -0.05) is 38.1 Å². The minimum atomic E-state index is 0.230. The van der Waals surface area contributed by atoms with Gasteiger partial charge in [-0.25, -0.2) is 0 Å². The molecule has 2 aromatic rings. The largest absolute Gasteiger partial charge is 0.504 e. The zero-order valence-corrected chi connectivity index (χ0v) is 12.2. The molecule has 3 atom stereocenters. The molecule has 2 aromatic carbocycles. The average Bonchev–Trinajstić information content (AvgIpc) is 2.44. The standard InChI is InChI=1S/C18H22O2/c1-12-7-8-16(9-13(12)2)20-18-11-15-6-4-3-5-14(15)10-17(18)19/h3-6,10-13,16,19H,7-9H2,1-2H3. The van der Waals surface area contributed by atoms with Crippen LogP contribution in [-0.4, -0.2) is 11.2 Å². The lowest BCUT2D eigenvalue weighted by molar-refractivity contribution is 0.0980. The fraction of sp³-hybridized carbons (Fsp3) is 0.444. The molecule has 1 aliphatic carbocycles. The van der Waals surface area contributed by atoms with Crippen molar-refractivity contribution in [3.8, 4) is 11.5 Å². The van der Waals surface area contributed by atoms with Gasteiger partial charge < -0.3 is 9.84 Å². The molecule has 2 nitrogen and oxygen atoms in total. The van der Waals surface area contributed by atoms with Crippen LogP contribution in [0.5, 0.6) is 11.5 Å². The molecular formula is C18H22O2. The first-order valence-electron chi connectivity index (χ1n) is 7.52. The summed E-state index contributed by atoms with van der Waals surface area (Å²) >= 11 is 0. The minimum Gasteiger partial charge on any atom is -0.504 e. The van der Waals surface area contributed by atoms with E-state index in [0.29, 0.717) is 11.7 Å². The van der Waals surface area contributed by atoms with E-state index in [0.717, 1.165) is 29.5 Å². The van der Waals surface area contributed by atoms with Crippen molar-refractivity contribution in [2.75, 3.05) is 0 Å². The third-order valence-corrected chi connectivity index (χ3v) is 4.67. The number of phenols is 1. The van der Waals surface area contributed by atoms with Gasteiger partial charge >= 0.3 is 0 Å². The summed E-state index contributed by atoms with van der Waals surface area (Å²) in [4.78, 5) is 0. The second-order valence-electron chi connectivity index (χ2n) is 6.17. The van der Waals surface area contributed by atoms with Crippen LogP contribution >= 0.6 is 0 Å². The summed E-state index contributed by atoms with van der Waals surface area (Å²) in [6.07, 6.45) is 3.60. The Labute approximate surface area is 120 Å².